The monoisotopic (exact) mass is 455 g/mol. The number of furan rings is 2. The highest BCUT2D eigenvalue weighted by molar-refractivity contribution is 5.95. The van der Waals surface area contributed by atoms with Gasteiger partial charge in [0, 0.05) is 0 Å². The van der Waals surface area contributed by atoms with Crippen molar-refractivity contribution in [2.45, 2.75) is 40.4 Å². The maximum Gasteiger partial charge on any atom is 0.342 e. The van der Waals surface area contributed by atoms with Crippen molar-refractivity contribution in [3.8, 4) is 5.75 Å². The summed E-state index contributed by atoms with van der Waals surface area (Å²) in [6.07, 6.45) is -0.706. The number of benzene rings is 1. The van der Waals surface area contributed by atoms with Crippen LogP contribution >= 0.6 is 0 Å². The number of carbonyl (C=O) groups excluding carboxylic acids is 2. The van der Waals surface area contributed by atoms with Crippen molar-refractivity contribution < 1.29 is 32.6 Å². The number of hydrogen-bond acceptors (Lipinski definition) is 7. The lowest BCUT2D eigenvalue weighted by atomic mass is 10.2. The second-order valence-electron chi connectivity index (χ2n) is 7.75. The Hall–Kier alpha value is -3.52. The summed E-state index contributed by atoms with van der Waals surface area (Å²) >= 11 is 0. The number of esters is 1. The van der Waals surface area contributed by atoms with Crippen LogP contribution in [0.2, 0.25) is 0 Å². The summed E-state index contributed by atoms with van der Waals surface area (Å²) in [7, 11) is 1.61. The molecule has 1 N–H and O–H groups in total. The fraction of sp³-hybridized carbons (Fsp3) is 0.360. The van der Waals surface area contributed by atoms with Crippen molar-refractivity contribution >= 4 is 11.9 Å². The molecule has 1 amide bonds. The first-order chi connectivity index (χ1) is 15.8. The zero-order valence-electron chi connectivity index (χ0n) is 19.5. The standard InChI is InChI=1S/C25H29NO7/c1-15-10-22(17(3)31-15)24(27)26-12-21(33-25(28)23-11-16(2)32-18(23)4)14-30-13-19-6-8-20(29-5)9-7-19/h6-11,21H,12-14H2,1-5H3,(H,26,27)/t21-/m1/s1. The fourth-order valence-corrected chi connectivity index (χ4v) is 3.37. The molecule has 0 fully saturated rings. The molecule has 2 heterocycles. The molecule has 8 nitrogen and oxygen atoms in total. The Bertz CT molecular complexity index is 1090. The van der Waals surface area contributed by atoms with Crippen LogP contribution < -0.4 is 10.1 Å². The van der Waals surface area contributed by atoms with E-state index in [1.54, 1.807) is 46.9 Å². The number of aryl methyl sites for hydroxylation is 4. The minimum Gasteiger partial charge on any atom is -0.497 e. The molecule has 1 aromatic carbocycles. The predicted octanol–water partition coefficient (Wildman–Crippen LogP) is 4.29. The van der Waals surface area contributed by atoms with Crippen LogP contribution in [-0.2, 0) is 16.1 Å². The summed E-state index contributed by atoms with van der Waals surface area (Å²) in [5.74, 6) is 2.18. The lowest BCUT2D eigenvalue weighted by molar-refractivity contribution is -0.00757. The van der Waals surface area contributed by atoms with Gasteiger partial charge >= 0.3 is 5.97 Å². The van der Waals surface area contributed by atoms with Crippen molar-refractivity contribution in [1.82, 2.24) is 5.32 Å². The highest BCUT2D eigenvalue weighted by Gasteiger charge is 2.22. The maximum atomic E-state index is 12.7. The van der Waals surface area contributed by atoms with Gasteiger partial charge in [-0.2, -0.15) is 0 Å². The van der Waals surface area contributed by atoms with Crippen LogP contribution in [0.1, 0.15) is 49.3 Å². The maximum absolute atomic E-state index is 12.7. The van der Waals surface area contributed by atoms with Crippen molar-refractivity contribution in [1.29, 1.82) is 0 Å². The highest BCUT2D eigenvalue weighted by atomic mass is 16.6. The van der Waals surface area contributed by atoms with Crippen LogP contribution in [-0.4, -0.2) is 38.2 Å². The molecule has 0 spiro atoms. The van der Waals surface area contributed by atoms with Gasteiger partial charge in [0.2, 0.25) is 0 Å². The number of nitrogens with one attached hydrogen (secondary N) is 1. The van der Waals surface area contributed by atoms with Crippen LogP contribution in [0.15, 0.2) is 45.2 Å². The first kappa shape index (κ1) is 24.1. The van der Waals surface area contributed by atoms with Crippen molar-refractivity contribution in [2.75, 3.05) is 20.3 Å². The number of carbonyl (C=O) groups is 2. The molecule has 0 radical (unpaired) electrons. The minimum atomic E-state index is -0.706. The summed E-state index contributed by atoms with van der Waals surface area (Å²) in [4.78, 5) is 25.3. The number of rotatable bonds is 10. The van der Waals surface area contributed by atoms with E-state index < -0.39 is 12.1 Å². The SMILES string of the molecule is COc1ccc(COC[C@@H](CNC(=O)c2cc(C)oc2C)OC(=O)c2cc(C)oc2C)cc1. The van der Waals surface area contributed by atoms with Crippen LogP contribution in [0.5, 0.6) is 5.75 Å². The summed E-state index contributed by atoms with van der Waals surface area (Å²) in [6, 6.07) is 10.8. The van der Waals surface area contributed by atoms with Crippen molar-refractivity contribution in [3.05, 3.63) is 76.1 Å². The first-order valence-electron chi connectivity index (χ1n) is 10.6. The van der Waals surface area contributed by atoms with E-state index >= 15 is 0 Å². The molecule has 3 aromatic rings. The van der Waals surface area contributed by atoms with Gasteiger partial charge in [0.1, 0.15) is 40.5 Å². The first-order valence-corrected chi connectivity index (χ1v) is 10.6. The number of amides is 1. The van der Waals surface area contributed by atoms with E-state index in [4.69, 9.17) is 23.0 Å². The molecule has 33 heavy (non-hydrogen) atoms. The predicted molar refractivity (Wildman–Crippen MR) is 121 cm³/mol. The summed E-state index contributed by atoms with van der Waals surface area (Å²) in [5.41, 5.74) is 1.73. The highest BCUT2D eigenvalue weighted by Crippen LogP contribution is 2.17. The Balaban J connectivity index is 1.63. The third-order valence-corrected chi connectivity index (χ3v) is 5.04. The van der Waals surface area contributed by atoms with E-state index in [1.807, 2.05) is 24.3 Å². The average Bonchev–Trinajstić information content (AvgIpc) is 3.31. The van der Waals surface area contributed by atoms with Gasteiger partial charge in [0.15, 0.2) is 0 Å². The van der Waals surface area contributed by atoms with E-state index in [9.17, 15) is 9.59 Å². The third-order valence-electron chi connectivity index (χ3n) is 5.04. The molecule has 0 unspecified atom stereocenters. The van der Waals surface area contributed by atoms with Gasteiger partial charge in [-0.15, -0.1) is 0 Å². The molecule has 0 saturated carbocycles. The molecule has 8 heteroatoms. The minimum absolute atomic E-state index is 0.0761. The zero-order chi connectivity index (χ0) is 24.0. The van der Waals surface area contributed by atoms with Crippen LogP contribution in [0.3, 0.4) is 0 Å². The van der Waals surface area contributed by atoms with E-state index in [0.717, 1.165) is 11.3 Å². The zero-order valence-corrected chi connectivity index (χ0v) is 19.5. The van der Waals surface area contributed by atoms with Gasteiger partial charge in [-0.25, -0.2) is 4.79 Å². The molecule has 0 aliphatic carbocycles. The number of ether oxygens (including phenoxy) is 3. The summed E-state index contributed by atoms with van der Waals surface area (Å²) in [5, 5.41) is 2.80. The van der Waals surface area contributed by atoms with Gasteiger partial charge in [-0.1, -0.05) is 12.1 Å². The largest absolute Gasteiger partial charge is 0.497 e. The summed E-state index contributed by atoms with van der Waals surface area (Å²) < 4.78 is 27.4. The van der Waals surface area contributed by atoms with E-state index in [-0.39, 0.29) is 19.1 Å². The Morgan fingerprint density at radius 1 is 0.939 bits per heavy atom. The Morgan fingerprint density at radius 3 is 2.09 bits per heavy atom. The lowest BCUT2D eigenvalue weighted by Gasteiger charge is -2.19. The molecule has 3 rings (SSSR count). The quantitative estimate of drug-likeness (QED) is 0.455. The molecular formula is C25H29NO7. The van der Waals surface area contributed by atoms with Crippen molar-refractivity contribution in [2.24, 2.45) is 0 Å². The van der Waals surface area contributed by atoms with E-state index in [2.05, 4.69) is 5.32 Å². The van der Waals surface area contributed by atoms with Crippen molar-refractivity contribution in [3.63, 3.8) is 0 Å². The van der Waals surface area contributed by atoms with E-state index in [0.29, 0.717) is 40.8 Å². The van der Waals surface area contributed by atoms with Gasteiger partial charge < -0.3 is 28.4 Å². The van der Waals surface area contributed by atoms with E-state index in [1.165, 1.54) is 0 Å². The number of methoxy groups -OCH3 is 1. The topological polar surface area (TPSA) is 100 Å². The smallest absolute Gasteiger partial charge is 0.342 e. The molecule has 0 bridgehead atoms. The molecule has 1 atom stereocenters. The molecule has 0 aliphatic heterocycles. The molecule has 0 aliphatic rings. The fourth-order valence-electron chi connectivity index (χ4n) is 3.37. The number of hydrogen-bond donors (Lipinski definition) is 1. The second-order valence-corrected chi connectivity index (χ2v) is 7.75. The Labute approximate surface area is 192 Å². The van der Waals surface area contributed by atoms with Crippen LogP contribution in [0.4, 0.5) is 0 Å². The van der Waals surface area contributed by atoms with Gasteiger partial charge in [0.25, 0.3) is 5.91 Å². The molecule has 2 aromatic heterocycles. The van der Waals surface area contributed by atoms with Gasteiger partial charge in [0.05, 0.1) is 32.4 Å². The molecule has 176 valence electrons. The summed E-state index contributed by atoms with van der Waals surface area (Å²) in [6.45, 7) is 7.44. The van der Waals surface area contributed by atoms with Gasteiger partial charge in [-0.05, 0) is 57.5 Å². The Kier molecular flexibility index (Phi) is 7.95. The lowest BCUT2D eigenvalue weighted by Crippen LogP contribution is -2.37. The third kappa shape index (κ3) is 6.49. The van der Waals surface area contributed by atoms with Crippen LogP contribution in [0, 0.1) is 27.7 Å². The molecule has 0 saturated heterocycles. The average molecular weight is 456 g/mol. The molecular weight excluding hydrogens is 426 g/mol. The Morgan fingerprint density at radius 2 is 1.55 bits per heavy atom. The van der Waals surface area contributed by atoms with Crippen LogP contribution in [0.25, 0.3) is 0 Å². The van der Waals surface area contributed by atoms with Gasteiger partial charge in [-0.3, -0.25) is 4.79 Å². The normalized spacial score (nSPS) is 11.8. The second kappa shape index (κ2) is 10.9.